The minimum atomic E-state index is -1.80. The van der Waals surface area contributed by atoms with Crippen molar-refractivity contribution in [3.05, 3.63) is 143 Å². The Morgan fingerprint density at radius 2 is 1.43 bits per heavy atom. The number of amides is 4. The van der Waals surface area contributed by atoms with E-state index in [0.29, 0.717) is 32.8 Å². The van der Waals surface area contributed by atoms with Gasteiger partial charge in [-0.2, -0.15) is 0 Å². The number of imide groups is 2. The van der Waals surface area contributed by atoms with Gasteiger partial charge in [-0.1, -0.05) is 108 Å². The quantitative estimate of drug-likeness (QED) is 0.128. The summed E-state index contributed by atoms with van der Waals surface area (Å²) in [6, 6.07) is 32.9. The summed E-state index contributed by atoms with van der Waals surface area (Å²) in [6.45, 7) is 0. The molecule has 9 rings (SSSR count). The Bertz CT molecular complexity index is 2420. The highest BCUT2D eigenvalue weighted by Gasteiger charge is 2.70. The Morgan fingerprint density at radius 1 is 0.717 bits per heavy atom. The van der Waals surface area contributed by atoms with Gasteiger partial charge < -0.3 is 15.2 Å². The molecule has 4 amide bonds. The average Bonchev–Trinajstić information content (AvgIpc) is 3.56. The first-order chi connectivity index (χ1) is 25.6. The van der Waals surface area contributed by atoms with Crippen LogP contribution in [0.25, 0.3) is 10.8 Å². The summed E-state index contributed by atoms with van der Waals surface area (Å²) >= 11 is 6.41. The number of halogens is 1. The van der Waals surface area contributed by atoms with Crippen molar-refractivity contribution in [2.75, 3.05) is 9.80 Å². The van der Waals surface area contributed by atoms with Gasteiger partial charge in [-0.05, 0) is 65.5 Å². The molecule has 4 aliphatic rings. The van der Waals surface area contributed by atoms with Crippen molar-refractivity contribution in [2.45, 2.75) is 24.2 Å². The van der Waals surface area contributed by atoms with Gasteiger partial charge in [-0.15, -0.1) is 0 Å². The molecule has 2 saturated heterocycles. The van der Waals surface area contributed by atoms with Crippen molar-refractivity contribution in [1.29, 1.82) is 0 Å². The van der Waals surface area contributed by atoms with Crippen LogP contribution in [0.15, 0.2) is 127 Å². The molecule has 6 unspecified atom stereocenters. The van der Waals surface area contributed by atoms with Crippen molar-refractivity contribution in [1.82, 2.24) is 0 Å². The second-order valence-corrected chi connectivity index (χ2v) is 14.7. The van der Waals surface area contributed by atoms with Crippen molar-refractivity contribution in [3.63, 3.8) is 0 Å². The van der Waals surface area contributed by atoms with Crippen LogP contribution in [0.3, 0.4) is 0 Å². The number of nitrogens with zero attached hydrogens (tertiary/aromatic N) is 2. The number of benzene rings is 5. The Hall–Kier alpha value is -5.55. The lowest BCUT2D eigenvalue weighted by Gasteiger charge is -2.50. The number of rotatable bonds is 5. The monoisotopic (exact) mass is 722 g/mol. The van der Waals surface area contributed by atoms with Gasteiger partial charge in [0.05, 0.1) is 34.5 Å². The van der Waals surface area contributed by atoms with E-state index in [1.165, 1.54) is 17.0 Å². The molecule has 2 aliphatic heterocycles. The Kier molecular flexibility index (Phi) is 7.71. The summed E-state index contributed by atoms with van der Waals surface area (Å²) in [6.07, 6.45) is 2.23. The number of aromatic hydroxyl groups is 1. The predicted molar refractivity (Wildman–Crippen MR) is 200 cm³/mol. The molecule has 2 heterocycles. The number of hydrogen-bond donors (Lipinski definition) is 3. The third-order valence-corrected chi connectivity index (χ3v) is 12.1. The van der Waals surface area contributed by atoms with Gasteiger partial charge in [-0.25, -0.2) is 4.90 Å². The van der Waals surface area contributed by atoms with Crippen molar-refractivity contribution in [2.24, 2.45) is 23.7 Å². The first kappa shape index (κ1) is 33.3. The Morgan fingerprint density at radius 3 is 2.19 bits per heavy atom. The molecule has 11 heteroatoms. The molecule has 0 aromatic heterocycles. The third-order valence-electron chi connectivity index (χ3n) is 11.8. The maximum absolute atomic E-state index is 15.5. The molecule has 262 valence electrons. The number of carbonyl (C=O) groups excluding carboxylic acids is 4. The minimum absolute atomic E-state index is 0.0258. The standard InChI is InChI=1S/C42H32BClN2O7/c44-26-12-7-14-28(21-26)46-39(49)34-22-33-30(18-19-31-35(33)40(50)45(38(31)48)27-13-6-11-25(20-27)43(52)53)36(42(34,41(46)51)24-9-2-1-3-10-24)32-17-16-23-8-4-5-15-29(23)37(32)47/h1-18,20-21,31,33-36,47,52-53H,19,22H2. The summed E-state index contributed by atoms with van der Waals surface area (Å²) in [7, 11) is -1.80. The average molecular weight is 723 g/mol. The number of allylic oxidation sites excluding steroid dienone is 2. The zero-order valence-corrected chi connectivity index (χ0v) is 28.9. The summed E-state index contributed by atoms with van der Waals surface area (Å²) in [5, 5.41) is 33.6. The van der Waals surface area contributed by atoms with Crippen LogP contribution in [0, 0.1) is 23.7 Å². The van der Waals surface area contributed by atoms with Gasteiger partial charge in [-0.3, -0.25) is 24.1 Å². The highest BCUT2D eigenvalue weighted by molar-refractivity contribution is 6.58. The highest BCUT2D eigenvalue weighted by atomic mass is 35.5. The first-order valence-corrected chi connectivity index (χ1v) is 17.9. The molecule has 3 N–H and O–H groups in total. The summed E-state index contributed by atoms with van der Waals surface area (Å²) in [5.74, 6) is -5.96. The van der Waals surface area contributed by atoms with Crippen molar-refractivity contribution in [3.8, 4) is 5.75 Å². The summed E-state index contributed by atoms with van der Waals surface area (Å²) in [5.41, 5.74) is 0.892. The smallest absolute Gasteiger partial charge is 0.488 e. The molecular weight excluding hydrogens is 691 g/mol. The molecule has 9 nitrogen and oxygen atoms in total. The lowest BCUT2D eigenvalue weighted by Crippen LogP contribution is -2.53. The number of fused-ring (bicyclic) bond motifs is 5. The van der Waals surface area contributed by atoms with E-state index < -0.39 is 65.8 Å². The fraction of sp³-hybridized carbons (Fsp3) is 0.190. The molecule has 1 saturated carbocycles. The van der Waals surface area contributed by atoms with Crippen LogP contribution in [0.5, 0.6) is 5.75 Å². The van der Waals surface area contributed by atoms with E-state index in [-0.39, 0.29) is 29.7 Å². The highest BCUT2D eigenvalue weighted by Crippen LogP contribution is 2.65. The minimum Gasteiger partial charge on any atom is -0.507 e. The fourth-order valence-corrected chi connectivity index (χ4v) is 9.86. The largest absolute Gasteiger partial charge is 0.507 e. The number of carbonyl (C=O) groups is 4. The van der Waals surface area contributed by atoms with E-state index in [1.54, 1.807) is 48.5 Å². The summed E-state index contributed by atoms with van der Waals surface area (Å²) < 4.78 is 0. The number of phenolic OH excluding ortho intramolecular Hbond substituents is 1. The van der Waals surface area contributed by atoms with E-state index in [0.717, 1.165) is 10.3 Å². The normalized spacial score (nSPS) is 26.4. The fourth-order valence-electron chi connectivity index (χ4n) is 9.67. The van der Waals surface area contributed by atoms with Crippen LogP contribution in [-0.4, -0.2) is 45.9 Å². The topological polar surface area (TPSA) is 135 Å². The van der Waals surface area contributed by atoms with E-state index in [9.17, 15) is 29.5 Å². The Labute approximate surface area is 309 Å². The van der Waals surface area contributed by atoms with Crippen LogP contribution in [0.2, 0.25) is 5.02 Å². The second-order valence-electron chi connectivity index (χ2n) is 14.3. The second kappa shape index (κ2) is 12.3. The van der Waals surface area contributed by atoms with Gasteiger partial charge in [0.15, 0.2) is 0 Å². The molecule has 5 aromatic carbocycles. The Balaban J connectivity index is 1.28. The van der Waals surface area contributed by atoms with Gasteiger partial charge in [0.1, 0.15) is 5.75 Å². The zero-order valence-electron chi connectivity index (χ0n) is 28.2. The van der Waals surface area contributed by atoms with Crippen LogP contribution in [0.1, 0.15) is 29.9 Å². The first-order valence-electron chi connectivity index (χ1n) is 17.6. The lowest BCUT2D eigenvalue weighted by atomic mass is 9.49. The molecule has 0 bridgehead atoms. The van der Waals surface area contributed by atoms with Gasteiger partial charge in [0, 0.05) is 21.9 Å². The predicted octanol–water partition coefficient (Wildman–Crippen LogP) is 5.25. The van der Waals surface area contributed by atoms with E-state index >= 15 is 4.79 Å². The molecule has 3 fully saturated rings. The number of hydrogen-bond acceptors (Lipinski definition) is 7. The van der Waals surface area contributed by atoms with E-state index in [4.69, 9.17) is 11.6 Å². The molecule has 5 aromatic rings. The van der Waals surface area contributed by atoms with E-state index in [2.05, 4.69) is 0 Å². The van der Waals surface area contributed by atoms with Gasteiger partial charge >= 0.3 is 7.12 Å². The maximum Gasteiger partial charge on any atom is 0.488 e. The lowest BCUT2D eigenvalue weighted by molar-refractivity contribution is -0.127. The van der Waals surface area contributed by atoms with Crippen LogP contribution >= 0.6 is 11.6 Å². The van der Waals surface area contributed by atoms with Crippen LogP contribution < -0.4 is 15.3 Å². The summed E-state index contributed by atoms with van der Waals surface area (Å²) in [4.78, 5) is 61.5. The van der Waals surface area contributed by atoms with Gasteiger partial charge in [0.2, 0.25) is 23.6 Å². The number of phenols is 1. The number of anilines is 2. The molecule has 0 radical (unpaired) electrons. The SMILES string of the molecule is O=C1C2CC=C3C(CC4C(=O)N(c5cccc(Cl)c5)C(=O)C4(c4ccccc4)C3c3ccc4ccccc4c3O)C2C(=O)N1c1cccc(B(O)O)c1. The van der Waals surface area contributed by atoms with Crippen LogP contribution in [-0.2, 0) is 24.6 Å². The molecular formula is C42H32BClN2O7. The molecule has 0 spiro atoms. The molecule has 2 aliphatic carbocycles. The van der Waals surface area contributed by atoms with E-state index in [1.807, 2.05) is 60.7 Å². The maximum atomic E-state index is 15.5. The van der Waals surface area contributed by atoms with Crippen molar-refractivity contribution >= 4 is 70.0 Å². The molecule has 6 atom stereocenters. The zero-order chi connectivity index (χ0) is 36.8. The molecule has 53 heavy (non-hydrogen) atoms. The van der Waals surface area contributed by atoms with Crippen molar-refractivity contribution < 1.29 is 34.3 Å². The third kappa shape index (κ3) is 4.72. The van der Waals surface area contributed by atoms with Gasteiger partial charge in [0.25, 0.3) is 0 Å². The van der Waals surface area contributed by atoms with Crippen LogP contribution in [0.4, 0.5) is 11.4 Å².